The van der Waals surface area contributed by atoms with Crippen LogP contribution in [-0.4, -0.2) is 22.5 Å². The highest BCUT2D eigenvalue weighted by Crippen LogP contribution is 2.34. The number of aryl methyl sites for hydroxylation is 1. The van der Waals surface area contributed by atoms with Gasteiger partial charge in [0.25, 0.3) is 0 Å². The molecular weight excluding hydrogens is 356 g/mol. The van der Waals surface area contributed by atoms with E-state index in [0.717, 1.165) is 55.0 Å². The molecule has 0 saturated heterocycles. The topological polar surface area (TPSA) is 33.7 Å². The standard InChI is InChI=1S/C25H26N4/c1-19-14-17-29-23(18-19)28-24(25(29)27-16-8-4-3-7-15-26-2)22-13-9-11-20-10-5-6-12-21(20)22/h5-6,9-14,17-18,27H,3-4,7-8,15-16H2,1H3. The van der Waals surface area contributed by atoms with E-state index in [1.807, 2.05) is 0 Å². The Morgan fingerprint density at radius 2 is 1.83 bits per heavy atom. The molecule has 0 atom stereocenters. The van der Waals surface area contributed by atoms with Crippen LogP contribution in [0.4, 0.5) is 5.82 Å². The maximum Gasteiger partial charge on any atom is 0.214 e. The summed E-state index contributed by atoms with van der Waals surface area (Å²) in [4.78, 5) is 8.43. The Balaban J connectivity index is 1.66. The van der Waals surface area contributed by atoms with Crippen LogP contribution in [0, 0.1) is 13.5 Å². The summed E-state index contributed by atoms with van der Waals surface area (Å²) in [5.74, 6) is 1.05. The third kappa shape index (κ3) is 4.09. The molecule has 0 bridgehead atoms. The largest absolute Gasteiger partial charge is 0.369 e. The molecule has 146 valence electrons. The van der Waals surface area contributed by atoms with E-state index in [-0.39, 0.29) is 0 Å². The lowest BCUT2D eigenvalue weighted by Crippen LogP contribution is -2.05. The predicted octanol–water partition coefficient (Wildman–Crippen LogP) is 6.35. The van der Waals surface area contributed by atoms with Gasteiger partial charge in [0.15, 0.2) is 0 Å². The van der Waals surface area contributed by atoms with Crippen molar-refractivity contribution in [3.63, 3.8) is 0 Å². The SMILES string of the molecule is [C-]#[N+]CCCCCCNc1c(-c2cccc3ccccc23)nc2cc(C)ccn12. The number of nitrogens with zero attached hydrogens (tertiary/aromatic N) is 3. The summed E-state index contributed by atoms with van der Waals surface area (Å²) in [5, 5.41) is 6.10. The molecule has 0 radical (unpaired) electrons. The van der Waals surface area contributed by atoms with Gasteiger partial charge in [0, 0.05) is 24.7 Å². The van der Waals surface area contributed by atoms with Gasteiger partial charge < -0.3 is 10.2 Å². The minimum Gasteiger partial charge on any atom is -0.369 e. The van der Waals surface area contributed by atoms with E-state index in [9.17, 15) is 0 Å². The van der Waals surface area contributed by atoms with Gasteiger partial charge in [-0.15, -0.1) is 0 Å². The minimum atomic E-state index is 0.644. The van der Waals surface area contributed by atoms with Gasteiger partial charge in [-0.1, -0.05) is 48.9 Å². The van der Waals surface area contributed by atoms with Crippen molar-refractivity contribution >= 4 is 22.2 Å². The van der Waals surface area contributed by atoms with Crippen molar-refractivity contribution in [2.75, 3.05) is 18.4 Å². The Morgan fingerprint density at radius 1 is 1.00 bits per heavy atom. The minimum absolute atomic E-state index is 0.644. The van der Waals surface area contributed by atoms with E-state index in [1.165, 1.54) is 16.3 Å². The lowest BCUT2D eigenvalue weighted by molar-refractivity contribution is 0.677. The number of pyridine rings is 1. The van der Waals surface area contributed by atoms with Crippen LogP contribution in [0.2, 0.25) is 0 Å². The van der Waals surface area contributed by atoms with Crippen LogP contribution in [0.15, 0.2) is 60.8 Å². The van der Waals surface area contributed by atoms with Gasteiger partial charge in [0.1, 0.15) is 17.2 Å². The molecule has 0 aliphatic heterocycles. The number of hydrogen-bond donors (Lipinski definition) is 1. The molecule has 0 aliphatic rings. The summed E-state index contributed by atoms with van der Waals surface area (Å²) in [6, 6.07) is 19.1. The first kappa shape index (κ1) is 19.0. The number of nitrogens with one attached hydrogen (secondary N) is 1. The number of rotatable bonds is 8. The smallest absolute Gasteiger partial charge is 0.214 e. The van der Waals surface area contributed by atoms with E-state index < -0.39 is 0 Å². The molecule has 0 saturated carbocycles. The van der Waals surface area contributed by atoms with Crippen LogP contribution in [0.25, 0.3) is 32.5 Å². The third-order valence-corrected chi connectivity index (χ3v) is 5.32. The van der Waals surface area contributed by atoms with Gasteiger partial charge in [0.05, 0.1) is 0 Å². The summed E-state index contributed by atoms with van der Waals surface area (Å²) in [5.41, 5.74) is 4.33. The molecule has 2 heterocycles. The summed E-state index contributed by atoms with van der Waals surface area (Å²) in [6.45, 7) is 10.5. The van der Waals surface area contributed by atoms with Gasteiger partial charge >= 0.3 is 0 Å². The highest BCUT2D eigenvalue weighted by molar-refractivity contribution is 5.98. The average molecular weight is 383 g/mol. The molecule has 0 unspecified atom stereocenters. The van der Waals surface area contributed by atoms with Gasteiger partial charge in [-0.2, -0.15) is 0 Å². The molecule has 2 aromatic carbocycles. The molecule has 2 aromatic heterocycles. The summed E-state index contributed by atoms with van der Waals surface area (Å²) >= 11 is 0. The summed E-state index contributed by atoms with van der Waals surface area (Å²) in [7, 11) is 0. The Morgan fingerprint density at radius 3 is 2.72 bits per heavy atom. The second-order valence-electron chi connectivity index (χ2n) is 7.49. The Hall–Kier alpha value is -3.32. The van der Waals surface area contributed by atoms with E-state index in [1.54, 1.807) is 0 Å². The maximum atomic E-state index is 6.87. The molecule has 0 aliphatic carbocycles. The van der Waals surface area contributed by atoms with Crippen LogP contribution >= 0.6 is 0 Å². The molecule has 0 spiro atoms. The molecule has 4 nitrogen and oxygen atoms in total. The van der Waals surface area contributed by atoms with Crippen molar-refractivity contribution in [1.29, 1.82) is 0 Å². The number of aromatic nitrogens is 2. The molecule has 4 heteroatoms. The van der Waals surface area contributed by atoms with Gasteiger partial charge in [0.2, 0.25) is 6.54 Å². The molecular formula is C25H26N4. The Labute approximate surface area is 172 Å². The second-order valence-corrected chi connectivity index (χ2v) is 7.49. The van der Waals surface area contributed by atoms with Crippen LogP contribution in [0.5, 0.6) is 0 Å². The van der Waals surface area contributed by atoms with Crippen molar-refractivity contribution in [2.45, 2.75) is 32.6 Å². The lowest BCUT2D eigenvalue weighted by atomic mass is 10.0. The zero-order valence-electron chi connectivity index (χ0n) is 16.9. The summed E-state index contributed by atoms with van der Waals surface area (Å²) in [6.07, 6.45) is 6.45. The molecule has 4 aromatic rings. The Kier molecular flexibility index (Phi) is 5.76. The second kappa shape index (κ2) is 8.79. The zero-order valence-corrected chi connectivity index (χ0v) is 16.9. The quantitative estimate of drug-likeness (QED) is 0.284. The highest BCUT2D eigenvalue weighted by Gasteiger charge is 2.16. The zero-order chi connectivity index (χ0) is 20.1. The molecule has 4 rings (SSSR count). The number of imidazole rings is 1. The molecule has 0 amide bonds. The normalized spacial score (nSPS) is 11.0. The van der Waals surface area contributed by atoms with Crippen LogP contribution in [-0.2, 0) is 0 Å². The highest BCUT2D eigenvalue weighted by atomic mass is 15.1. The fraction of sp³-hybridized carbons (Fsp3) is 0.280. The number of anilines is 1. The third-order valence-electron chi connectivity index (χ3n) is 5.32. The number of unbranched alkanes of at least 4 members (excludes halogenated alkanes) is 3. The average Bonchev–Trinajstić information content (AvgIpc) is 3.10. The van der Waals surface area contributed by atoms with Crippen molar-refractivity contribution in [1.82, 2.24) is 9.38 Å². The number of hydrogen-bond acceptors (Lipinski definition) is 2. The Bertz CT molecular complexity index is 1160. The molecule has 0 fully saturated rings. The van der Waals surface area contributed by atoms with Gasteiger partial charge in [-0.25, -0.2) is 11.6 Å². The first-order valence-corrected chi connectivity index (χ1v) is 10.3. The van der Waals surface area contributed by atoms with Crippen LogP contribution < -0.4 is 5.32 Å². The van der Waals surface area contributed by atoms with Crippen molar-refractivity contribution < 1.29 is 0 Å². The van der Waals surface area contributed by atoms with Crippen molar-refractivity contribution in [3.8, 4) is 11.3 Å². The van der Waals surface area contributed by atoms with E-state index in [4.69, 9.17) is 11.6 Å². The fourth-order valence-electron chi connectivity index (χ4n) is 3.81. The van der Waals surface area contributed by atoms with Crippen LogP contribution in [0.3, 0.4) is 0 Å². The number of benzene rings is 2. The summed E-state index contributed by atoms with van der Waals surface area (Å²) < 4.78 is 2.16. The van der Waals surface area contributed by atoms with Gasteiger partial charge in [-0.3, -0.25) is 4.40 Å². The molecule has 29 heavy (non-hydrogen) atoms. The lowest BCUT2D eigenvalue weighted by Gasteiger charge is -2.10. The van der Waals surface area contributed by atoms with E-state index in [0.29, 0.717) is 6.54 Å². The number of fused-ring (bicyclic) bond motifs is 2. The van der Waals surface area contributed by atoms with Gasteiger partial charge in [-0.05, 0) is 48.2 Å². The van der Waals surface area contributed by atoms with Crippen LogP contribution in [0.1, 0.15) is 31.2 Å². The predicted molar refractivity (Wildman–Crippen MR) is 121 cm³/mol. The fourth-order valence-corrected chi connectivity index (χ4v) is 3.81. The maximum absolute atomic E-state index is 6.87. The van der Waals surface area contributed by atoms with Crippen molar-refractivity contribution in [3.05, 3.63) is 77.8 Å². The van der Waals surface area contributed by atoms with E-state index >= 15 is 0 Å². The van der Waals surface area contributed by atoms with E-state index in [2.05, 4.69) is 82.3 Å². The first-order chi connectivity index (χ1) is 14.3. The first-order valence-electron chi connectivity index (χ1n) is 10.3. The molecule has 1 N–H and O–H groups in total. The van der Waals surface area contributed by atoms with Crippen molar-refractivity contribution in [2.24, 2.45) is 0 Å². The monoisotopic (exact) mass is 382 g/mol.